The van der Waals surface area contributed by atoms with Crippen molar-refractivity contribution in [3.8, 4) is 0 Å². The van der Waals surface area contributed by atoms with Gasteiger partial charge in [0.2, 0.25) is 11.9 Å². The fraction of sp³-hybridized carbons (Fsp3) is 0.250. The van der Waals surface area contributed by atoms with Crippen LogP contribution in [0, 0.1) is 0 Å². The Bertz CT molecular complexity index is 1130. The van der Waals surface area contributed by atoms with E-state index in [0.717, 1.165) is 9.38 Å². The van der Waals surface area contributed by atoms with Crippen molar-refractivity contribution < 1.29 is 4.79 Å². The molecule has 0 bridgehead atoms. The molecule has 1 amide bonds. The predicted molar refractivity (Wildman–Crippen MR) is 107 cm³/mol. The van der Waals surface area contributed by atoms with E-state index in [-0.39, 0.29) is 17.9 Å². The zero-order valence-corrected chi connectivity index (χ0v) is 15.9. The quantitative estimate of drug-likeness (QED) is 0.622. The van der Waals surface area contributed by atoms with Crippen LogP contribution in [0.1, 0.15) is 0 Å². The van der Waals surface area contributed by atoms with E-state index < -0.39 is 5.91 Å². The Kier molecular flexibility index (Phi) is 5.12. The van der Waals surface area contributed by atoms with Crippen LogP contribution < -0.4 is 15.8 Å². The summed E-state index contributed by atoms with van der Waals surface area (Å²) in [6, 6.07) is 1.76. The van der Waals surface area contributed by atoms with E-state index in [4.69, 9.17) is 0 Å². The molecule has 140 valence electrons. The van der Waals surface area contributed by atoms with Crippen LogP contribution in [0.3, 0.4) is 0 Å². The molecule has 11 heteroatoms. The molecule has 0 unspecified atom stereocenters. The van der Waals surface area contributed by atoms with Crippen molar-refractivity contribution in [3.63, 3.8) is 0 Å². The highest BCUT2D eigenvalue weighted by molar-refractivity contribution is 7.16. The van der Waals surface area contributed by atoms with E-state index >= 15 is 0 Å². The number of carbonyl (C=O) groups excluding carboxylic acids is 1. The lowest BCUT2D eigenvalue weighted by Gasteiger charge is -2.16. The van der Waals surface area contributed by atoms with Gasteiger partial charge in [-0.25, -0.2) is 14.7 Å². The number of carbonyl (C=O) groups is 1. The molecule has 0 aliphatic carbocycles. The molecule has 3 aromatic heterocycles. The van der Waals surface area contributed by atoms with Crippen LogP contribution in [0.25, 0.3) is 15.9 Å². The zero-order valence-electron chi connectivity index (χ0n) is 15.1. The third-order valence-corrected chi connectivity index (χ3v) is 4.44. The lowest BCUT2D eigenvalue weighted by Crippen LogP contribution is -2.35. The Morgan fingerprint density at radius 3 is 2.93 bits per heavy atom. The molecule has 0 aromatic carbocycles. The summed E-state index contributed by atoms with van der Waals surface area (Å²) in [5, 5.41) is 6.91. The Morgan fingerprint density at radius 1 is 1.48 bits per heavy atom. The lowest BCUT2D eigenvalue weighted by atomic mass is 10.5. The fourth-order valence-corrected chi connectivity index (χ4v) is 3.20. The van der Waals surface area contributed by atoms with E-state index in [0.29, 0.717) is 17.1 Å². The van der Waals surface area contributed by atoms with Gasteiger partial charge in [-0.1, -0.05) is 0 Å². The lowest BCUT2D eigenvalue weighted by molar-refractivity contribution is -0.121. The first kappa shape index (κ1) is 18.5. The topological polar surface area (TPSA) is 109 Å². The van der Waals surface area contributed by atoms with Crippen LogP contribution in [0.5, 0.6) is 0 Å². The third-order valence-electron chi connectivity index (χ3n) is 3.67. The Hall–Kier alpha value is -3.34. The van der Waals surface area contributed by atoms with Gasteiger partial charge in [0.05, 0.1) is 10.2 Å². The molecule has 3 rings (SSSR count). The molecule has 0 aliphatic rings. The molecule has 10 nitrogen and oxygen atoms in total. The number of hydrogen-bond donors (Lipinski definition) is 1. The molecule has 0 saturated carbocycles. The van der Waals surface area contributed by atoms with Crippen LogP contribution in [-0.4, -0.2) is 59.1 Å². The number of allylic oxidation sites excluding steroid dienone is 1. The van der Waals surface area contributed by atoms with E-state index in [1.165, 1.54) is 23.6 Å². The average Bonchev–Trinajstić information content (AvgIpc) is 3.22. The molecule has 3 aromatic rings. The summed E-state index contributed by atoms with van der Waals surface area (Å²) in [4.78, 5) is 38.7. The van der Waals surface area contributed by atoms with Gasteiger partial charge in [-0.3, -0.25) is 19.0 Å². The minimum absolute atomic E-state index is 0.236. The molecular weight excluding hydrogens is 368 g/mol. The molecule has 27 heavy (non-hydrogen) atoms. The maximum absolute atomic E-state index is 12.8. The molecule has 0 fully saturated rings. The zero-order chi connectivity index (χ0) is 19.6. The second kappa shape index (κ2) is 7.50. The summed E-state index contributed by atoms with van der Waals surface area (Å²) in [6.45, 7) is 3.13. The summed E-state index contributed by atoms with van der Waals surface area (Å²) in [7, 11) is 5.21. The van der Waals surface area contributed by atoms with Crippen LogP contribution in [0.2, 0.25) is 0 Å². The summed E-state index contributed by atoms with van der Waals surface area (Å²) in [5.41, 5.74) is 2.41. The van der Waals surface area contributed by atoms with Crippen LogP contribution in [0.15, 0.2) is 38.3 Å². The molecule has 0 radical (unpaired) electrons. The van der Waals surface area contributed by atoms with Crippen LogP contribution in [0.4, 0.5) is 5.95 Å². The Labute approximate surface area is 158 Å². The third kappa shape index (κ3) is 3.49. The largest absolute Gasteiger partial charge is 0.347 e. The maximum atomic E-state index is 12.8. The van der Waals surface area contributed by atoms with E-state index in [2.05, 4.69) is 32.1 Å². The van der Waals surface area contributed by atoms with Gasteiger partial charge >= 0.3 is 0 Å². The van der Waals surface area contributed by atoms with Gasteiger partial charge in [0.15, 0.2) is 5.65 Å². The van der Waals surface area contributed by atoms with E-state index in [1.54, 1.807) is 42.0 Å². The van der Waals surface area contributed by atoms with Gasteiger partial charge in [-0.2, -0.15) is 0 Å². The Balaban J connectivity index is 2.02. The highest BCUT2D eigenvalue weighted by atomic mass is 32.1. The minimum Gasteiger partial charge on any atom is -0.347 e. The summed E-state index contributed by atoms with van der Waals surface area (Å²) in [6.07, 6.45) is 2.98. The number of thiazole rings is 1. The van der Waals surface area contributed by atoms with Gasteiger partial charge in [0.25, 0.3) is 5.56 Å². The number of hydrogen-bond acceptors (Lipinski definition) is 8. The molecular formula is C16H18N8O2S. The number of fused-ring (bicyclic) bond motifs is 3. The molecule has 3 heterocycles. The van der Waals surface area contributed by atoms with Crippen molar-refractivity contribution in [3.05, 3.63) is 33.8 Å². The number of aliphatic imine (C=N–C) groups is 2. The van der Waals surface area contributed by atoms with Gasteiger partial charge in [0, 0.05) is 27.4 Å². The standard InChI is InChI=1S/C16H18N8O2S/c1-17-6-5-12(18-2)20-13(25)8-23-15(26)10-7-11-14(19-9-27-11)24(10)16(21-23)22(3)4/h5-7,9H,2,8H2,1,3-4H3,(H,20,25)/b12-5+,17-6-. The second-order valence-electron chi connectivity index (χ2n) is 5.73. The number of nitrogens with zero attached hydrogens (tertiary/aromatic N) is 7. The van der Waals surface area contributed by atoms with Gasteiger partial charge in [0.1, 0.15) is 17.9 Å². The van der Waals surface area contributed by atoms with Gasteiger partial charge < -0.3 is 10.2 Å². The fourth-order valence-electron chi connectivity index (χ4n) is 2.50. The molecule has 1 N–H and O–H groups in total. The molecule has 0 aliphatic heterocycles. The van der Waals surface area contributed by atoms with Crippen molar-refractivity contribution in [2.24, 2.45) is 9.98 Å². The first-order chi connectivity index (χ1) is 13.0. The normalized spacial score (nSPS) is 12.2. The predicted octanol–water partition coefficient (Wildman–Crippen LogP) is 0.530. The molecule has 0 atom stereocenters. The monoisotopic (exact) mass is 386 g/mol. The summed E-state index contributed by atoms with van der Waals surface area (Å²) in [5.74, 6) is 0.280. The van der Waals surface area contributed by atoms with Crippen molar-refractivity contribution in [2.75, 3.05) is 26.0 Å². The first-order valence-corrected chi connectivity index (χ1v) is 8.76. The van der Waals surface area contributed by atoms with Crippen LogP contribution in [-0.2, 0) is 11.3 Å². The Morgan fingerprint density at radius 2 is 2.26 bits per heavy atom. The highest BCUT2D eigenvalue weighted by Gasteiger charge is 2.18. The molecule has 0 saturated heterocycles. The average molecular weight is 386 g/mol. The van der Waals surface area contributed by atoms with E-state index in [9.17, 15) is 9.59 Å². The smallest absolute Gasteiger partial charge is 0.291 e. The first-order valence-electron chi connectivity index (χ1n) is 7.88. The summed E-state index contributed by atoms with van der Waals surface area (Å²) >= 11 is 1.44. The number of amides is 1. The number of anilines is 1. The van der Waals surface area contributed by atoms with Crippen LogP contribution >= 0.6 is 11.3 Å². The minimum atomic E-state index is -0.451. The number of aromatic nitrogens is 4. The maximum Gasteiger partial charge on any atom is 0.291 e. The highest BCUT2D eigenvalue weighted by Crippen LogP contribution is 2.24. The van der Waals surface area contributed by atoms with Crippen molar-refractivity contribution in [1.29, 1.82) is 0 Å². The van der Waals surface area contributed by atoms with Crippen molar-refractivity contribution >= 4 is 52.0 Å². The van der Waals surface area contributed by atoms with Gasteiger partial charge in [-0.05, 0) is 18.9 Å². The van der Waals surface area contributed by atoms with E-state index in [1.807, 2.05) is 0 Å². The SMILES string of the molecule is C=N/C(=C\C=N/C)NC(=O)Cn1nc(N(C)C)n2c(cc3scnc32)c1=O. The number of nitrogens with one attached hydrogen (secondary N) is 1. The van der Waals surface area contributed by atoms with Crippen molar-refractivity contribution in [2.45, 2.75) is 6.54 Å². The van der Waals surface area contributed by atoms with Gasteiger partial charge in [-0.15, -0.1) is 16.4 Å². The molecule has 0 spiro atoms. The van der Waals surface area contributed by atoms with Crippen molar-refractivity contribution in [1.82, 2.24) is 24.5 Å². The number of rotatable bonds is 6. The second-order valence-corrected chi connectivity index (χ2v) is 6.61. The summed E-state index contributed by atoms with van der Waals surface area (Å²) < 4.78 is 3.69.